The van der Waals surface area contributed by atoms with Crippen LogP contribution in [0.3, 0.4) is 0 Å². The minimum absolute atomic E-state index is 0.623. The van der Waals surface area contributed by atoms with Gasteiger partial charge < -0.3 is 4.74 Å². The molecule has 2 heteroatoms. The first-order chi connectivity index (χ1) is 9.31. The molecule has 0 amide bonds. The molecule has 0 fully saturated rings. The Bertz CT molecular complexity index is 577. The molecule has 0 aliphatic heterocycles. The summed E-state index contributed by atoms with van der Waals surface area (Å²) in [4.78, 5) is 0. The summed E-state index contributed by atoms with van der Waals surface area (Å²) in [7, 11) is 0. The highest BCUT2D eigenvalue weighted by Crippen LogP contribution is 2.26. The van der Waals surface area contributed by atoms with Gasteiger partial charge >= 0.3 is 0 Å². The van der Waals surface area contributed by atoms with Gasteiger partial charge in [-0.1, -0.05) is 34.1 Å². The van der Waals surface area contributed by atoms with E-state index in [0.717, 1.165) is 10.2 Å². The van der Waals surface area contributed by atoms with Crippen molar-refractivity contribution < 1.29 is 4.74 Å². The molecule has 0 spiro atoms. The Morgan fingerprint density at radius 1 is 0.947 bits per heavy atom. The van der Waals surface area contributed by atoms with Crippen molar-refractivity contribution in [1.29, 1.82) is 0 Å². The van der Waals surface area contributed by atoms with E-state index in [2.05, 4.69) is 46.3 Å². The second-order valence-corrected chi connectivity index (χ2v) is 5.97. The fourth-order valence-electron chi connectivity index (χ4n) is 2.59. The van der Waals surface area contributed by atoms with Gasteiger partial charge in [-0.15, -0.1) is 0 Å². The lowest BCUT2D eigenvalue weighted by atomic mass is 9.92. The van der Waals surface area contributed by atoms with Gasteiger partial charge in [-0.25, -0.2) is 0 Å². The molecule has 0 heterocycles. The highest BCUT2D eigenvalue weighted by atomic mass is 79.9. The molecule has 0 radical (unpaired) electrons. The molecule has 0 bridgehead atoms. The van der Waals surface area contributed by atoms with Gasteiger partial charge in [0, 0.05) is 4.47 Å². The molecule has 19 heavy (non-hydrogen) atoms. The summed E-state index contributed by atoms with van der Waals surface area (Å²) in [5.41, 5.74) is 4.16. The molecule has 1 aliphatic rings. The van der Waals surface area contributed by atoms with E-state index in [1.165, 1.54) is 42.4 Å². The molecular formula is C17H17BrO. The highest BCUT2D eigenvalue weighted by molar-refractivity contribution is 9.10. The summed E-state index contributed by atoms with van der Waals surface area (Å²) in [5, 5.41) is 0. The lowest BCUT2D eigenvalue weighted by molar-refractivity contribution is 0.305. The molecule has 2 aromatic carbocycles. The van der Waals surface area contributed by atoms with Crippen LogP contribution < -0.4 is 4.74 Å². The highest BCUT2D eigenvalue weighted by Gasteiger charge is 2.09. The quantitative estimate of drug-likeness (QED) is 0.782. The molecule has 1 nitrogen and oxygen atoms in total. The molecule has 0 atom stereocenters. The summed E-state index contributed by atoms with van der Waals surface area (Å²) in [5.74, 6) is 0.987. The zero-order chi connectivity index (χ0) is 13.1. The van der Waals surface area contributed by atoms with Crippen LogP contribution in [0.2, 0.25) is 0 Å². The van der Waals surface area contributed by atoms with Gasteiger partial charge in [-0.3, -0.25) is 0 Å². The minimum atomic E-state index is 0.623. The Hall–Kier alpha value is -1.28. The Labute approximate surface area is 122 Å². The maximum atomic E-state index is 5.89. The topological polar surface area (TPSA) is 9.23 Å². The van der Waals surface area contributed by atoms with Crippen LogP contribution in [0.15, 0.2) is 46.9 Å². The Kier molecular flexibility index (Phi) is 3.88. The summed E-state index contributed by atoms with van der Waals surface area (Å²) >= 11 is 3.48. The zero-order valence-corrected chi connectivity index (χ0v) is 12.4. The Morgan fingerprint density at radius 2 is 1.79 bits per heavy atom. The van der Waals surface area contributed by atoms with E-state index in [0.29, 0.717) is 6.61 Å². The number of fused-ring (bicyclic) bond motifs is 1. The zero-order valence-electron chi connectivity index (χ0n) is 10.9. The number of halogens is 1. The molecule has 98 valence electrons. The molecule has 0 N–H and O–H groups in total. The van der Waals surface area contributed by atoms with Gasteiger partial charge in [0.25, 0.3) is 0 Å². The number of hydrogen-bond acceptors (Lipinski definition) is 1. The molecular weight excluding hydrogens is 300 g/mol. The number of hydrogen-bond donors (Lipinski definition) is 0. The first kappa shape index (κ1) is 12.7. The van der Waals surface area contributed by atoms with Crippen LogP contribution in [0.1, 0.15) is 29.5 Å². The van der Waals surface area contributed by atoms with Crippen molar-refractivity contribution in [3.05, 3.63) is 63.6 Å². The molecule has 0 saturated carbocycles. The van der Waals surface area contributed by atoms with Crippen molar-refractivity contribution in [3.8, 4) is 5.75 Å². The van der Waals surface area contributed by atoms with Crippen molar-refractivity contribution in [2.45, 2.75) is 32.3 Å². The standard InChI is InChI=1S/C17H17BrO/c18-16-7-3-4-13(10-16)12-19-17-9-8-14-5-1-2-6-15(14)11-17/h3-4,7-11H,1-2,5-6,12H2. The van der Waals surface area contributed by atoms with Crippen molar-refractivity contribution >= 4 is 15.9 Å². The third-order valence-corrected chi connectivity index (χ3v) is 4.11. The van der Waals surface area contributed by atoms with Crippen molar-refractivity contribution in [2.75, 3.05) is 0 Å². The van der Waals surface area contributed by atoms with Crippen LogP contribution in [0.25, 0.3) is 0 Å². The first-order valence-electron chi connectivity index (χ1n) is 6.80. The molecule has 0 saturated heterocycles. The SMILES string of the molecule is Brc1cccc(COc2ccc3c(c2)CCCC3)c1. The van der Waals surface area contributed by atoms with E-state index in [4.69, 9.17) is 4.74 Å². The Balaban J connectivity index is 1.70. The van der Waals surface area contributed by atoms with E-state index < -0.39 is 0 Å². The van der Waals surface area contributed by atoms with Gasteiger partial charge in [0.05, 0.1) is 0 Å². The maximum absolute atomic E-state index is 5.89. The van der Waals surface area contributed by atoms with Gasteiger partial charge in [0.15, 0.2) is 0 Å². The third kappa shape index (κ3) is 3.19. The number of ether oxygens (including phenoxy) is 1. The molecule has 3 rings (SSSR count). The average Bonchev–Trinajstić information content (AvgIpc) is 2.45. The number of aryl methyl sites for hydroxylation is 2. The summed E-state index contributed by atoms with van der Waals surface area (Å²) < 4.78 is 6.99. The van der Waals surface area contributed by atoms with Crippen LogP contribution in [0.5, 0.6) is 5.75 Å². The molecule has 2 aromatic rings. The fourth-order valence-corrected chi connectivity index (χ4v) is 3.04. The third-order valence-electron chi connectivity index (χ3n) is 3.61. The first-order valence-corrected chi connectivity index (χ1v) is 7.59. The molecule has 1 aliphatic carbocycles. The van der Waals surface area contributed by atoms with Gasteiger partial charge in [-0.05, 0) is 66.6 Å². The fraction of sp³-hybridized carbons (Fsp3) is 0.294. The van der Waals surface area contributed by atoms with E-state index in [1.807, 2.05) is 12.1 Å². The Morgan fingerprint density at radius 3 is 2.63 bits per heavy atom. The summed E-state index contributed by atoms with van der Waals surface area (Å²) in [6.07, 6.45) is 5.05. The average molecular weight is 317 g/mol. The van der Waals surface area contributed by atoms with Crippen molar-refractivity contribution in [3.63, 3.8) is 0 Å². The largest absolute Gasteiger partial charge is 0.489 e. The van der Waals surface area contributed by atoms with Crippen LogP contribution >= 0.6 is 15.9 Å². The van der Waals surface area contributed by atoms with E-state index in [-0.39, 0.29) is 0 Å². The van der Waals surface area contributed by atoms with Gasteiger partial charge in [0.1, 0.15) is 12.4 Å². The lowest BCUT2D eigenvalue weighted by Crippen LogP contribution is -2.03. The van der Waals surface area contributed by atoms with E-state index in [1.54, 1.807) is 0 Å². The van der Waals surface area contributed by atoms with E-state index >= 15 is 0 Å². The predicted molar refractivity (Wildman–Crippen MR) is 81.6 cm³/mol. The second kappa shape index (κ2) is 5.79. The normalized spacial score (nSPS) is 13.9. The predicted octanol–water partition coefficient (Wildman–Crippen LogP) is 4.91. The number of rotatable bonds is 3. The number of benzene rings is 2. The van der Waals surface area contributed by atoms with Crippen LogP contribution in [0, 0.1) is 0 Å². The summed E-state index contributed by atoms with van der Waals surface area (Å²) in [6.45, 7) is 0.623. The van der Waals surface area contributed by atoms with Crippen molar-refractivity contribution in [1.82, 2.24) is 0 Å². The van der Waals surface area contributed by atoms with Crippen LogP contribution in [0.4, 0.5) is 0 Å². The molecule has 0 aromatic heterocycles. The smallest absolute Gasteiger partial charge is 0.120 e. The van der Waals surface area contributed by atoms with Crippen LogP contribution in [-0.4, -0.2) is 0 Å². The van der Waals surface area contributed by atoms with E-state index in [9.17, 15) is 0 Å². The lowest BCUT2D eigenvalue weighted by Gasteiger charge is -2.16. The maximum Gasteiger partial charge on any atom is 0.120 e. The summed E-state index contributed by atoms with van der Waals surface area (Å²) in [6, 6.07) is 14.8. The minimum Gasteiger partial charge on any atom is -0.489 e. The monoisotopic (exact) mass is 316 g/mol. The van der Waals surface area contributed by atoms with Crippen molar-refractivity contribution in [2.24, 2.45) is 0 Å². The molecule has 0 unspecified atom stereocenters. The second-order valence-electron chi connectivity index (χ2n) is 5.06. The van der Waals surface area contributed by atoms with Gasteiger partial charge in [-0.2, -0.15) is 0 Å². The van der Waals surface area contributed by atoms with Crippen LogP contribution in [-0.2, 0) is 19.4 Å². The van der Waals surface area contributed by atoms with Gasteiger partial charge in [0.2, 0.25) is 0 Å².